The maximum absolute atomic E-state index is 12.5. The SMILES string of the molecule is COc1ccc(Cl)cc1C(=O)Nc1nc(CSCC(=O)Nc2ccc(NC(C)=O)cc2)cs1. The molecule has 0 saturated heterocycles. The molecule has 33 heavy (non-hydrogen) atoms. The van der Waals surface area contributed by atoms with E-state index in [1.54, 1.807) is 36.4 Å². The number of aromatic nitrogens is 1. The molecule has 0 aliphatic heterocycles. The third kappa shape index (κ3) is 7.48. The van der Waals surface area contributed by atoms with Crippen LogP contribution in [0.2, 0.25) is 5.02 Å². The van der Waals surface area contributed by atoms with Crippen LogP contribution in [-0.4, -0.2) is 35.6 Å². The summed E-state index contributed by atoms with van der Waals surface area (Å²) in [6.07, 6.45) is 0. The standard InChI is InChI=1S/C22H21ClN4O4S2/c1-13(28)24-15-4-6-16(7-5-15)25-20(29)12-32-10-17-11-33-22(26-17)27-21(30)18-9-14(23)3-8-19(18)31-2/h3-9,11H,10,12H2,1-2H3,(H,24,28)(H,25,29)(H,26,27,30). The molecule has 2 aromatic carbocycles. The fourth-order valence-corrected chi connectivity index (χ4v) is 4.44. The van der Waals surface area contributed by atoms with Gasteiger partial charge in [-0.25, -0.2) is 4.98 Å². The van der Waals surface area contributed by atoms with Crippen molar-refractivity contribution >= 4 is 68.9 Å². The lowest BCUT2D eigenvalue weighted by Crippen LogP contribution is -2.14. The number of anilines is 3. The monoisotopic (exact) mass is 504 g/mol. The predicted molar refractivity (Wildman–Crippen MR) is 134 cm³/mol. The van der Waals surface area contributed by atoms with Gasteiger partial charge in [0.25, 0.3) is 5.91 Å². The number of amides is 3. The van der Waals surface area contributed by atoms with Crippen LogP contribution in [-0.2, 0) is 15.3 Å². The van der Waals surface area contributed by atoms with Gasteiger partial charge in [-0.3, -0.25) is 19.7 Å². The first-order chi connectivity index (χ1) is 15.8. The Balaban J connectivity index is 1.46. The molecule has 1 aromatic heterocycles. The van der Waals surface area contributed by atoms with Crippen molar-refractivity contribution in [2.45, 2.75) is 12.7 Å². The number of hydrogen-bond donors (Lipinski definition) is 3. The molecule has 1 heterocycles. The topological polar surface area (TPSA) is 109 Å². The molecule has 0 unspecified atom stereocenters. The van der Waals surface area contributed by atoms with Crippen molar-refractivity contribution in [2.24, 2.45) is 0 Å². The van der Waals surface area contributed by atoms with Crippen molar-refractivity contribution in [3.63, 3.8) is 0 Å². The van der Waals surface area contributed by atoms with Crippen LogP contribution in [0.15, 0.2) is 47.8 Å². The summed E-state index contributed by atoms with van der Waals surface area (Å²) in [5.41, 5.74) is 2.38. The third-order valence-corrected chi connectivity index (χ3v) is 6.16. The summed E-state index contributed by atoms with van der Waals surface area (Å²) in [6.45, 7) is 1.43. The first-order valence-corrected chi connectivity index (χ1v) is 12.1. The first-order valence-electron chi connectivity index (χ1n) is 9.68. The lowest BCUT2D eigenvalue weighted by molar-refractivity contribution is -0.114. The molecule has 0 fully saturated rings. The minimum atomic E-state index is -0.369. The minimum absolute atomic E-state index is 0.149. The molecule has 3 N–H and O–H groups in total. The first kappa shape index (κ1) is 24.6. The highest BCUT2D eigenvalue weighted by molar-refractivity contribution is 7.99. The lowest BCUT2D eigenvalue weighted by Gasteiger charge is -2.08. The Kier molecular flexibility index (Phi) is 8.70. The largest absolute Gasteiger partial charge is 0.496 e. The quantitative estimate of drug-likeness (QED) is 0.383. The summed E-state index contributed by atoms with van der Waals surface area (Å²) < 4.78 is 5.21. The van der Waals surface area contributed by atoms with E-state index in [0.717, 1.165) is 5.69 Å². The minimum Gasteiger partial charge on any atom is -0.496 e. The van der Waals surface area contributed by atoms with E-state index in [1.807, 2.05) is 5.38 Å². The second kappa shape index (κ2) is 11.7. The number of methoxy groups -OCH3 is 1. The van der Waals surface area contributed by atoms with Crippen molar-refractivity contribution in [3.05, 3.63) is 64.1 Å². The number of nitrogens with one attached hydrogen (secondary N) is 3. The maximum Gasteiger partial charge on any atom is 0.261 e. The van der Waals surface area contributed by atoms with Crippen LogP contribution in [0, 0.1) is 0 Å². The number of rotatable bonds is 9. The second-order valence-electron chi connectivity index (χ2n) is 6.74. The zero-order valence-electron chi connectivity index (χ0n) is 17.8. The van der Waals surface area contributed by atoms with Gasteiger partial charge in [-0.2, -0.15) is 0 Å². The number of nitrogens with zero attached hydrogens (tertiary/aromatic N) is 1. The summed E-state index contributed by atoms with van der Waals surface area (Å²) >= 11 is 8.69. The van der Waals surface area contributed by atoms with Gasteiger partial charge in [0.2, 0.25) is 11.8 Å². The number of halogens is 1. The van der Waals surface area contributed by atoms with Crippen molar-refractivity contribution in [1.82, 2.24) is 4.98 Å². The average molecular weight is 505 g/mol. The van der Waals surface area contributed by atoms with E-state index in [2.05, 4.69) is 20.9 Å². The Labute approximate surface area is 204 Å². The number of carbonyl (C=O) groups is 3. The van der Waals surface area contributed by atoms with Gasteiger partial charge in [0, 0.05) is 34.5 Å². The molecule has 0 aliphatic rings. The lowest BCUT2D eigenvalue weighted by atomic mass is 10.2. The van der Waals surface area contributed by atoms with Gasteiger partial charge in [0.15, 0.2) is 5.13 Å². The number of thiazole rings is 1. The van der Waals surface area contributed by atoms with Gasteiger partial charge in [0.05, 0.1) is 24.1 Å². The van der Waals surface area contributed by atoms with Crippen LogP contribution in [0.5, 0.6) is 5.75 Å². The third-order valence-electron chi connectivity index (χ3n) is 4.15. The molecule has 0 saturated carbocycles. The average Bonchev–Trinajstić information content (AvgIpc) is 3.21. The predicted octanol–water partition coefficient (Wildman–Crippen LogP) is 4.89. The number of carbonyl (C=O) groups excluding carboxylic acids is 3. The molecule has 3 rings (SSSR count). The van der Waals surface area contributed by atoms with Crippen LogP contribution >= 0.6 is 34.7 Å². The van der Waals surface area contributed by atoms with Gasteiger partial charge >= 0.3 is 0 Å². The zero-order valence-corrected chi connectivity index (χ0v) is 20.2. The highest BCUT2D eigenvalue weighted by Crippen LogP contribution is 2.25. The molecule has 0 bridgehead atoms. The molecule has 3 amide bonds. The number of ether oxygens (including phenoxy) is 1. The van der Waals surface area contributed by atoms with Crippen molar-refractivity contribution in [3.8, 4) is 5.75 Å². The zero-order chi connectivity index (χ0) is 23.8. The van der Waals surface area contributed by atoms with Gasteiger partial charge in [-0.1, -0.05) is 11.6 Å². The smallest absolute Gasteiger partial charge is 0.261 e. The normalized spacial score (nSPS) is 10.4. The fraction of sp³-hybridized carbons (Fsp3) is 0.182. The molecule has 8 nitrogen and oxygen atoms in total. The van der Waals surface area contributed by atoms with E-state index in [1.165, 1.54) is 43.2 Å². The van der Waals surface area contributed by atoms with Crippen molar-refractivity contribution in [2.75, 3.05) is 28.8 Å². The van der Waals surface area contributed by atoms with Gasteiger partial charge < -0.3 is 15.4 Å². The van der Waals surface area contributed by atoms with Gasteiger partial charge in [-0.05, 0) is 42.5 Å². The number of benzene rings is 2. The maximum atomic E-state index is 12.5. The van der Waals surface area contributed by atoms with E-state index >= 15 is 0 Å². The second-order valence-corrected chi connectivity index (χ2v) is 9.02. The van der Waals surface area contributed by atoms with Gasteiger partial charge in [0.1, 0.15) is 5.75 Å². The molecule has 3 aromatic rings. The molecule has 0 spiro atoms. The summed E-state index contributed by atoms with van der Waals surface area (Å²) in [6, 6.07) is 11.7. The Morgan fingerprint density at radius 3 is 2.42 bits per heavy atom. The van der Waals surface area contributed by atoms with Crippen LogP contribution in [0.3, 0.4) is 0 Å². The Morgan fingerprint density at radius 1 is 1.06 bits per heavy atom. The van der Waals surface area contributed by atoms with Crippen molar-refractivity contribution in [1.29, 1.82) is 0 Å². The number of hydrogen-bond acceptors (Lipinski definition) is 7. The van der Waals surface area contributed by atoms with Crippen LogP contribution in [0.25, 0.3) is 0 Å². The molecule has 0 radical (unpaired) electrons. The molecule has 0 aliphatic carbocycles. The van der Waals surface area contributed by atoms with Crippen molar-refractivity contribution < 1.29 is 19.1 Å². The van der Waals surface area contributed by atoms with E-state index in [-0.39, 0.29) is 23.5 Å². The molecule has 11 heteroatoms. The molecule has 172 valence electrons. The molecular formula is C22H21ClN4O4S2. The summed E-state index contributed by atoms with van der Waals surface area (Å²) in [7, 11) is 1.48. The van der Waals surface area contributed by atoms with Gasteiger partial charge in [-0.15, -0.1) is 23.1 Å². The summed E-state index contributed by atoms with van der Waals surface area (Å²) in [5.74, 6) is 0.502. The molecular weight excluding hydrogens is 484 g/mol. The van der Waals surface area contributed by atoms with Crippen LogP contribution in [0.1, 0.15) is 23.0 Å². The number of thioether (sulfide) groups is 1. The van der Waals surface area contributed by atoms with E-state index in [4.69, 9.17) is 16.3 Å². The fourth-order valence-electron chi connectivity index (χ4n) is 2.74. The van der Waals surface area contributed by atoms with E-state index < -0.39 is 0 Å². The Bertz CT molecular complexity index is 1150. The van der Waals surface area contributed by atoms with Crippen LogP contribution in [0.4, 0.5) is 16.5 Å². The highest BCUT2D eigenvalue weighted by atomic mass is 35.5. The van der Waals surface area contributed by atoms with E-state index in [9.17, 15) is 14.4 Å². The highest BCUT2D eigenvalue weighted by Gasteiger charge is 2.15. The summed E-state index contributed by atoms with van der Waals surface area (Å²) in [4.78, 5) is 40.1. The molecule has 0 atom stereocenters. The Hall–Kier alpha value is -3.08. The van der Waals surface area contributed by atoms with Crippen LogP contribution < -0.4 is 20.7 Å². The van der Waals surface area contributed by atoms with E-state index in [0.29, 0.717) is 38.6 Å². The Morgan fingerprint density at radius 2 is 1.76 bits per heavy atom. The summed E-state index contributed by atoms with van der Waals surface area (Å²) in [5, 5.41) is 10.9.